The Morgan fingerprint density at radius 2 is 2.08 bits per heavy atom. The van der Waals surface area contributed by atoms with Crippen molar-refractivity contribution in [2.24, 2.45) is 0 Å². The second-order valence-corrected chi connectivity index (χ2v) is 4.82. The molecule has 0 radical (unpaired) electrons. The largest absolute Gasteiger partial charge is 0.394 e. The van der Waals surface area contributed by atoms with Crippen LogP contribution in [-0.2, 0) is 0 Å². The van der Waals surface area contributed by atoms with Gasteiger partial charge in [-0.15, -0.1) is 0 Å². The van der Waals surface area contributed by atoms with E-state index in [4.69, 9.17) is 5.11 Å². The fourth-order valence-electron chi connectivity index (χ4n) is 2.15. The highest BCUT2D eigenvalue weighted by atomic mass is 16.3. The zero-order chi connectivity index (χ0) is 10.1. The topological polar surface area (TPSA) is 43.7 Å². The molecule has 1 saturated heterocycles. The minimum atomic E-state index is -0.582. The minimum absolute atomic E-state index is 0.0946. The summed E-state index contributed by atoms with van der Waals surface area (Å²) in [6.45, 7) is 7.35. The second-order valence-electron chi connectivity index (χ2n) is 4.82. The Morgan fingerprint density at radius 1 is 1.46 bits per heavy atom. The molecule has 0 aromatic heterocycles. The molecule has 1 fully saturated rings. The summed E-state index contributed by atoms with van der Waals surface area (Å²) in [5.74, 6) is 0. The van der Waals surface area contributed by atoms with Gasteiger partial charge in [-0.2, -0.15) is 0 Å². The average Bonchev–Trinajstić information content (AvgIpc) is 2.49. The van der Waals surface area contributed by atoms with Crippen LogP contribution in [0.25, 0.3) is 0 Å². The number of rotatable bonds is 2. The van der Waals surface area contributed by atoms with Crippen LogP contribution in [0.15, 0.2) is 0 Å². The van der Waals surface area contributed by atoms with Crippen molar-refractivity contribution in [2.75, 3.05) is 13.2 Å². The van der Waals surface area contributed by atoms with Crippen molar-refractivity contribution in [3.05, 3.63) is 0 Å². The highest BCUT2D eigenvalue weighted by molar-refractivity contribution is 4.91. The van der Waals surface area contributed by atoms with Crippen molar-refractivity contribution in [2.45, 2.75) is 51.3 Å². The van der Waals surface area contributed by atoms with Crippen LogP contribution in [0, 0.1) is 0 Å². The van der Waals surface area contributed by atoms with Crippen molar-refractivity contribution in [3.8, 4) is 0 Å². The SMILES string of the molecule is CC(C)(C)N1CCC[C@@H]1C(O)CO. The summed E-state index contributed by atoms with van der Waals surface area (Å²) in [4.78, 5) is 2.29. The smallest absolute Gasteiger partial charge is 0.0925 e. The van der Waals surface area contributed by atoms with Crippen LogP contribution in [-0.4, -0.2) is 45.9 Å². The molecule has 1 rings (SSSR count). The van der Waals surface area contributed by atoms with Crippen LogP contribution >= 0.6 is 0 Å². The van der Waals surface area contributed by atoms with Gasteiger partial charge in [-0.3, -0.25) is 4.90 Å². The Kier molecular flexibility index (Phi) is 3.33. The average molecular weight is 187 g/mol. The number of hydrogen-bond donors (Lipinski definition) is 2. The maximum absolute atomic E-state index is 9.60. The van der Waals surface area contributed by atoms with E-state index in [-0.39, 0.29) is 18.2 Å². The predicted molar refractivity (Wildman–Crippen MR) is 52.6 cm³/mol. The van der Waals surface area contributed by atoms with E-state index >= 15 is 0 Å². The fraction of sp³-hybridized carbons (Fsp3) is 1.00. The van der Waals surface area contributed by atoms with Gasteiger partial charge in [0, 0.05) is 11.6 Å². The maximum atomic E-state index is 9.60. The molecule has 78 valence electrons. The van der Waals surface area contributed by atoms with E-state index < -0.39 is 6.10 Å². The lowest BCUT2D eigenvalue weighted by Crippen LogP contribution is -2.50. The number of nitrogens with zero attached hydrogens (tertiary/aromatic N) is 1. The molecule has 2 atom stereocenters. The lowest BCUT2D eigenvalue weighted by atomic mass is 10.0. The first-order valence-corrected chi connectivity index (χ1v) is 5.02. The molecule has 0 saturated carbocycles. The highest BCUT2D eigenvalue weighted by Crippen LogP contribution is 2.28. The molecule has 3 heteroatoms. The van der Waals surface area contributed by atoms with Gasteiger partial charge in [-0.25, -0.2) is 0 Å². The molecule has 0 bridgehead atoms. The highest BCUT2D eigenvalue weighted by Gasteiger charge is 2.36. The van der Waals surface area contributed by atoms with Gasteiger partial charge in [0.25, 0.3) is 0 Å². The monoisotopic (exact) mass is 187 g/mol. The second kappa shape index (κ2) is 3.95. The molecule has 13 heavy (non-hydrogen) atoms. The number of likely N-dealkylation sites (tertiary alicyclic amines) is 1. The summed E-state index contributed by atoms with van der Waals surface area (Å²) in [6.07, 6.45) is 1.54. The van der Waals surface area contributed by atoms with E-state index in [1.54, 1.807) is 0 Å². The molecule has 1 aliphatic rings. The first-order chi connectivity index (χ1) is 5.96. The molecule has 3 nitrogen and oxygen atoms in total. The summed E-state index contributed by atoms with van der Waals surface area (Å²) in [5.41, 5.74) is 0.0946. The third kappa shape index (κ3) is 2.42. The molecular weight excluding hydrogens is 166 g/mol. The Balaban J connectivity index is 2.64. The number of hydrogen-bond acceptors (Lipinski definition) is 3. The number of aliphatic hydroxyl groups is 2. The zero-order valence-electron chi connectivity index (χ0n) is 8.82. The first kappa shape index (κ1) is 11.0. The zero-order valence-corrected chi connectivity index (χ0v) is 8.82. The molecule has 1 aliphatic heterocycles. The molecule has 0 spiro atoms. The molecule has 0 aliphatic carbocycles. The molecule has 2 N–H and O–H groups in total. The molecule has 0 aromatic carbocycles. The maximum Gasteiger partial charge on any atom is 0.0925 e. The van der Waals surface area contributed by atoms with E-state index in [2.05, 4.69) is 25.7 Å². The van der Waals surface area contributed by atoms with Gasteiger partial charge in [0.1, 0.15) is 0 Å². The van der Waals surface area contributed by atoms with E-state index in [0.717, 1.165) is 19.4 Å². The van der Waals surface area contributed by atoms with E-state index in [9.17, 15) is 5.11 Å². The Labute approximate surface area is 80.4 Å². The summed E-state index contributed by atoms with van der Waals surface area (Å²) < 4.78 is 0. The summed E-state index contributed by atoms with van der Waals surface area (Å²) in [5, 5.41) is 18.5. The van der Waals surface area contributed by atoms with Gasteiger partial charge in [0.2, 0.25) is 0 Å². The summed E-state index contributed by atoms with van der Waals surface area (Å²) >= 11 is 0. The van der Waals surface area contributed by atoms with Gasteiger partial charge in [-0.1, -0.05) is 0 Å². The van der Waals surface area contributed by atoms with Crippen LogP contribution in [0.4, 0.5) is 0 Å². The van der Waals surface area contributed by atoms with Crippen LogP contribution in [0.2, 0.25) is 0 Å². The van der Waals surface area contributed by atoms with Crippen molar-refractivity contribution >= 4 is 0 Å². The van der Waals surface area contributed by atoms with Crippen LogP contribution in [0.5, 0.6) is 0 Å². The molecule has 0 amide bonds. The third-order valence-electron chi connectivity index (χ3n) is 2.79. The predicted octanol–water partition coefficient (Wildman–Crippen LogP) is 0.602. The van der Waals surface area contributed by atoms with Crippen LogP contribution in [0.3, 0.4) is 0 Å². The molecule has 0 aromatic rings. The van der Waals surface area contributed by atoms with Gasteiger partial charge in [-0.05, 0) is 40.2 Å². The summed E-state index contributed by atoms with van der Waals surface area (Å²) in [6, 6.07) is 0.144. The van der Waals surface area contributed by atoms with E-state index in [0.29, 0.717) is 0 Å². The van der Waals surface area contributed by atoms with Gasteiger partial charge in [0.05, 0.1) is 12.7 Å². The lowest BCUT2D eigenvalue weighted by Gasteiger charge is -2.38. The molecule has 1 unspecified atom stereocenters. The van der Waals surface area contributed by atoms with Crippen LogP contribution in [0.1, 0.15) is 33.6 Å². The van der Waals surface area contributed by atoms with Gasteiger partial charge < -0.3 is 10.2 Å². The fourth-order valence-corrected chi connectivity index (χ4v) is 2.15. The standard InChI is InChI=1S/C10H21NO2/c1-10(2,3)11-6-4-5-8(11)9(13)7-12/h8-9,12-13H,4-7H2,1-3H3/t8-,9?/m1/s1. The Hall–Kier alpha value is -0.120. The van der Waals surface area contributed by atoms with Crippen molar-refractivity contribution in [1.29, 1.82) is 0 Å². The quantitative estimate of drug-likeness (QED) is 0.665. The van der Waals surface area contributed by atoms with E-state index in [1.165, 1.54) is 0 Å². The van der Waals surface area contributed by atoms with Crippen LogP contribution < -0.4 is 0 Å². The lowest BCUT2D eigenvalue weighted by molar-refractivity contribution is -0.00351. The normalized spacial score (nSPS) is 27.9. The first-order valence-electron chi connectivity index (χ1n) is 5.02. The molecular formula is C10H21NO2. The van der Waals surface area contributed by atoms with Crippen molar-refractivity contribution in [3.63, 3.8) is 0 Å². The minimum Gasteiger partial charge on any atom is -0.394 e. The van der Waals surface area contributed by atoms with Gasteiger partial charge >= 0.3 is 0 Å². The number of aliphatic hydroxyl groups excluding tert-OH is 2. The van der Waals surface area contributed by atoms with Gasteiger partial charge in [0.15, 0.2) is 0 Å². The Morgan fingerprint density at radius 3 is 2.54 bits per heavy atom. The van der Waals surface area contributed by atoms with Crippen molar-refractivity contribution in [1.82, 2.24) is 4.90 Å². The van der Waals surface area contributed by atoms with E-state index in [1.807, 2.05) is 0 Å². The summed E-state index contributed by atoms with van der Waals surface area (Å²) in [7, 11) is 0. The third-order valence-corrected chi connectivity index (χ3v) is 2.79. The molecule has 1 heterocycles. The Bertz CT molecular complexity index is 165. The van der Waals surface area contributed by atoms with Crippen molar-refractivity contribution < 1.29 is 10.2 Å².